The van der Waals surface area contributed by atoms with E-state index >= 15 is 0 Å². The molecule has 2 N–H and O–H groups in total. The summed E-state index contributed by atoms with van der Waals surface area (Å²) in [4.78, 5) is 0. The predicted molar refractivity (Wildman–Crippen MR) is 63.0 cm³/mol. The number of anilines is 1. The summed E-state index contributed by atoms with van der Waals surface area (Å²) in [6, 6.07) is 5.09. The zero-order valence-electron chi connectivity index (χ0n) is 9.54. The van der Waals surface area contributed by atoms with Crippen LogP contribution in [0.3, 0.4) is 0 Å². The van der Waals surface area contributed by atoms with E-state index < -0.39 is 0 Å². The average Bonchev–Trinajstić information content (AvgIpc) is 2.27. The van der Waals surface area contributed by atoms with Gasteiger partial charge in [-0.05, 0) is 43.5 Å². The molecule has 3 heteroatoms. The summed E-state index contributed by atoms with van der Waals surface area (Å²) in [5.41, 5.74) is 1.53. The average molecular weight is 223 g/mol. The highest BCUT2D eigenvalue weighted by Gasteiger charge is 2.22. The molecule has 16 heavy (non-hydrogen) atoms. The number of aryl methyl sites for hydroxylation is 1. The van der Waals surface area contributed by atoms with E-state index in [1.807, 2.05) is 0 Å². The van der Waals surface area contributed by atoms with Crippen LogP contribution in [0, 0.1) is 12.7 Å². The van der Waals surface area contributed by atoms with Crippen molar-refractivity contribution in [3.63, 3.8) is 0 Å². The molecule has 0 amide bonds. The third-order valence-corrected chi connectivity index (χ3v) is 3.24. The van der Waals surface area contributed by atoms with Crippen molar-refractivity contribution in [3.8, 4) is 0 Å². The fraction of sp³-hybridized carbons (Fsp3) is 0.538. The Kier molecular flexibility index (Phi) is 3.44. The SMILES string of the molecule is Cc1cc(N[C@H]2CCCC[C@@H]2O)ccc1F. The Labute approximate surface area is 95.5 Å². The minimum atomic E-state index is -0.279. The van der Waals surface area contributed by atoms with Gasteiger partial charge in [0, 0.05) is 5.69 Å². The van der Waals surface area contributed by atoms with E-state index in [9.17, 15) is 9.50 Å². The largest absolute Gasteiger partial charge is 0.391 e. The number of benzene rings is 1. The molecule has 0 unspecified atom stereocenters. The predicted octanol–water partition coefficient (Wildman–Crippen LogP) is 2.85. The van der Waals surface area contributed by atoms with E-state index in [1.165, 1.54) is 6.07 Å². The maximum Gasteiger partial charge on any atom is 0.126 e. The molecule has 1 aliphatic carbocycles. The first-order chi connectivity index (χ1) is 7.66. The van der Waals surface area contributed by atoms with Crippen LogP contribution in [0.5, 0.6) is 0 Å². The van der Waals surface area contributed by atoms with Crippen LogP contribution in [0.15, 0.2) is 18.2 Å². The van der Waals surface area contributed by atoms with Crippen LogP contribution in [0.4, 0.5) is 10.1 Å². The van der Waals surface area contributed by atoms with Crippen LogP contribution >= 0.6 is 0 Å². The molecule has 0 aromatic heterocycles. The Morgan fingerprint density at radius 3 is 2.75 bits per heavy atom. The van der Waals surface area contributed by atoms with Crippen molar-refractivity contribution in [2.45, 2.75) is 44.8 Å². The summed E-state index contributed by atoms with van der Waals surface area (Å²) >= 11 is 0. The second-order valence-corrected chi connectivity index (χ2v) is 4.57. The van der Waals surface area contributed by atoms with E-state index in [0.29, 0.717) is 5.56 Å². The van der Waals surface area contributed by atoms with Gasteiger partial charge in [0.1, 0.15) is 5.82 Å². The quantitative estimate of drug-likeness (QED) is 0.808. The van der Waals surface area contributed by atoms with Crippen LogP contribution in [-0.4, -0.2) is 17.3 Å². The summed E-state index contributed by atoms with van der Waals surface area (Å²) in [6.07, 6.45) is 3.81. The first kappa shape index (κ1) is 11.4. The zero-order chi connectivity index (χ0) is 11.5. The number of aliphatic hydroxyl groups is 1. The van der Waals surface area contributed by atoms with Crippen LogP contribution in [-0.2, 0) is 0 Å². The second-order valence-electron chi connectivity index (χ2n) is 4.57. The Bertz CT molecular complexity index is 367. The standard InChI is InChI=1S/C13H18FNO/c1-9-8-10(6-7-11(9)14)15-12-4-2-3-5-13(12)16/h6-8,12-13,15-16H,2-5H2,1H3/t12-,13-/m0/s1. The highest BCUT2D eigenvalue weighted by Crippen LogP contribution is 2.23. The van der Waals surface area contributed by atoms with Crippen LogP contribution in [0.1, 0.15) is 31.2 Å². The van der Waals surface area contributed by atoms with Gasteiger partial charge in [0.05, 0.1) is 12.1 Å². The Balaban J connectivity index is 2.05. The maximum absolute atomic E-state index is 13.1. The number of rotatable bonds is 2. The van der Waals surface area contributed by atoms with E-state index in [4.69, 9.17) is 0 Å². The Morgan fingerprint density at radius 1 is 1.31 bits per heavy atom. The lowest BCUT2D eigenvalue weighted by molar-refractivity contribution is 0.116. The molecular weight excluding hydrogens is 205 g/mol. The molecule has 2 nitrogen and oxygen atoms in total. The molecule has 0 heterocycles. The Hall–Kier alpha value is -1.09. The van der Waals surface area contributed by atoms with Gasteiger partial charge < -0.3 is 10.4 Å². The van der Waals surface area contributed by atoms with Crippen molar-refractivity contribution in [2.75, 3.05) is 5.32 Å². The number of hydrogen-bond acceptors (Lipinski definition) is 2. The third-order valence-electron chi connectivity index (χ3n) is 3.24. The third kappa shape index (κ3) is 2.53. The van der Waals surface area contributed by atoms with Gasteiger partial charge in [-0.25, -0.2) is 4.39 Å². The fourth-order valence-corrected chi connectivity index (χ4v) is 2.23. The van der Waals surface area contributed by atoms with E-state index in [0.717, 1.165) is 31.4 Å². The molecular formula is C13H18FNO. The van der Waals surface area contributed by atoms with E-state index in [1.54, 1.807) is 19.1 Å². The van der Waals surface area contributed by atoms with Crippen molar-refractivity contribution >= 4 is 5.69 Å². The highest BCUT2D eigenvalue weighted by atomic mass is 19.1. The number of nitrogens with one attached hydrogen (secondary N) is 1. The number of aliphatic hydroxyl groups excluding tert-OH is 1. The smallest absolute Gasteiger partial charge is 0.126 e. The molecule has 2 rings (SSSR count). The van der Waals surface area contributed by atoms with Gasteiger partial charge in [0.2, 0.25) is 0 Å². The van der Waals surface area contributed by atoms with Crippen molar-refractivity contribution in [2.24, 2.45) is 0 Å². The molecule has 0 aliphatic heterocycles. The summed E-state index contributed by atoms with van der Waals surface area (Å²) in [6.45, 7) is 1.75. The monoisotopic (exact) mass is 223 g/mol. The van der Waals surface area contributed by atoms with Crippen LogP contribution < -0.4 is 5.32 Å². The minimum absolute atomic E-state index is 0.110. The molecule has 1 aromatic rings. The number of halogens is 1. The molecule has 0 bridgehead atoms. The summed E-state index contributed by atoms with van der Waals surface area (Å²) < 4.78 is 13.1. The van der Waals surface area contributed by atoms with Gasteiger partial charge in [-0.2, -0.15) is 0 Å². The molecule has 2 atom stereocenters. The summed E-state index contributed by atoms with van der Waals surface area (Å²) in [7, 11) is 0. The first-order valence-electron chi connectivity index (χ1n) is 5.87. The lowest BCUT2D eigenvalue weighted by Gasteiger charge is -2.29. The van der Waals surface area contributed by atoms with Crippen molar-refractivity contribution in [1.29, 1.82) is 0 Å². The Morgan fingerprint density at radius 2 is 2.06 bits per heavy atom. The van der Waals surface area contributed by atoms with Gasteiger partial charge >= 0.3 is 0 Å². The van der Waals surface area contributed by atoms with E-state index in [-0.39, 0.29) is 18.0 Å². The maximum atomic E-state index is 13.1. The lowest BCUT2D eigenvalue weighted by Crippen LogP contribution is -2.36. The molecule has 0 spiro atoms. The van der Waals surface area contributed by atoms with Crippen molar-refractivity contribution < 1.29 is 9.50 Å². The molecule has 1 aromatic carbocycles. The van der Waals surface area contributed by atoms with Crippen LogP contribution in [0.2, 0.25) is 0 Å². The summed E-state index contributed by atoms with van der Waals surface area (Å²) in [5, 5.41) is 13.1. The van der Waals surface area contributed by atoms with Gasteiger partial charge in [-0.15, -0.1) is 0 Å². The fourth-order valence-electron chi connectivity index (χ4n) is 2.23. The molecule has 1 fully saturated rings. The highest BCUT2D eigenvalue weighted by molar-refractivity contribution is 5.47. The molecule has 1 aliphatic rings. The second kappa shape index (κ2) is 4.83. The number of hydrogen-bond donors (Lipinski definition) is 2. The van der Waals surface area contributed by atoms with Crippen LogP contribution in [0.25, 0.3) is 0 Å². The molecule has 88 valence electrons. The summed E-state index contributed by atoms with van der Waals surface area (Å²) in [5.74, 6) is -0.185. The van der Waals surface area contributed by atoms with Gasteiger partial charge in [-0.1, -0.05) is 12.8 Å². The molecule has 0 saturated heterocycles. The van der Waals surface area contributed by atoms with Crippen molar-refractivity contribution in [1.82, 2.24) is 0 Å². The zero-order valence-corrected chi connectivity index (χ0v) is 9.54. The van der Waals surface area contributed by atoms with Gasteiger partial charge in [-0.3, -0.25) is 0 Å². The first-order valence-corrected chi connectivity index (χ1v) is 5.87. The molecule has 1 saturated carbocycles. The topological polar surface area (TPSA) is 32.3 Å². The minimum Gasteiger partial charge on any atom is -0.391 e. The van der Waals surface area contributed by atoms with Gasteiger partial charge in [0.15, 0.2) is 0 Å². The van der Waals surface area contributed by atoms with Crippen molar-refractivity contribution in [3.05, 3.63) is 29.6 Å². The normalized spacial score (nSPS) is 25.4. The van der Waals surface area contributed by atoms with E-state index in [2.05, 4.69) is 5.32 Å². The lowest BCUT2D eigenvalue weighted by atomic mass is 9.92. The van der Waals surface area contributed by atoms with Gasteiger partial charge in [0.25, 0.3) is 0 Å². The molecule has 0 radical (unpaired) electrons.